The molecular weight excluding hydrogens is 718 g/mol. The summed E-state index contributed by atoms with van der Waals surface area (Å²) >= 11 is 7.77. The molecule has 0 bridgehead atoms. The highest BCUT2D eigenvalue weighted by Gasteiger charge is 2.34. The van der Waals surface area contributed by atoms with E-state index in [2.05, 4.69) is 9.73 Å². The monoisotopic (exact) mass is 751 g/mol. The van der Waals surface area contributed by atoms with Crippen molar-refractivity contribution >= 4 is 46.6 Å². The Kier molecular flexibility index (Phi) is 12.0. The number of non-ortho nitro benzene ring substituents is 1. The van der Waals surface area contributed by atoms with Crippen LogP contribution in [-0.4, -0.2) is 55.5 Å². The van der Waals surface area contributed by atoms with Crippen molar-refractivity contribution in [2.45, 2.75) is 33.4 Å². The highest BCUT2D eigenvalue weighted by atomic mass is 35.5. The predicted octanol–water partition coefficient (Wildman–Crippen LogP) is 4.90. The van der Waals surface area contributed by atoms with Crippen LogP contribution in [-0.2, 0) is 25.7 Å². The summed E-state index contributed by atoms with van der Waals surface area (Å²) in [5.74, 6) is -0.100. The zero-order chi connectivity index (χ0) is 37.5. The van der Waals surface area contributed by atoms with Gasteiger partial charge in [-0.1, -0.05) is 29.0 Å². The van der Waals surface area contributed by atoms with Crippen LogP contribution in [0.4, 0.5) is 5.69 Å². The number of allylic oxidation sites excluding steroid dienone is 1. The Balaban J connectivity index is 1.56. The van der Waals surface area contributed by atoms with Crippen LogP contribution in [0.2, 0.25) is 5.02 Å². The number of fused-ring (bicyclic) bond motifs is 1. The van der Waals surface area contributed by atoms with Crippen LogP contribution >= 0.6 is 22.9 Å². The Hall–Kier alpha value is -5.67. The Morgan fingerprint density at radius 2 is 1.75 bits per heavy atom. The maximum Gasteiger partial charge on any atom is 0.343 e. The van der Waals surface area contributed by atoms with Gasteiger partial charge in [0.2, 0.25) is 0 Å². The summed E-state index contributed by atoms with van der Waals surface area (Å²) in [7, 11) is 2.70. The van der Waals surface area contributed by atoms with Crippen molar-refractivity contribution in [3.63, 3.8) is 0 Å². The van der Waals surface area contributed by atoms with Crippen molar-refractivity contribution in [2.75, 3.05) is 34.0 Å². The molecule has 1 aliphatic heterocycles. The van der Waals surface area contributed by atoms with Crippen molar-refractivity contribution < 1.29 is 42.9 Å². The summed E-state index contributed by atoms with van der Waals surface area (Å²) < 4.78 is 34.7. The summed E-state index contributed by atoms with van der Waals surface area (Å²) in [6, 6.07) is 13.2. The largest absolute Gasteiger partial charge is 0.493 e. The molecular formula is C36H34ClN3O11S. The van der Waals surface area contributed by atoms with Gasteiger partial charge in [-0.25, -0.2) is 14.6 Å². The van der Waals surface area contributed by atoms with E-state index in [1.807, 2.05) is 0 Å². The van der Waals surface area contributed by atoms with Gasteiger partial charge in [-0.2, -0.15) is 0 Å². The molecule has 1 aromatic heterocycles. The lowest BCUT2D eigenvalue weighted by Gasteiger charge is -2.25. The van der Waals surface area contributed by atoms with Crippen molar-refractivity contribution in [1.82, 2.24) is 4.57 Å². The second-order valence-corrected chi connectivity index (χ2v) is 12.5. The van der Waals surface area contributed by atoms with Gasteiger partial charge in [-0.3, -0.25) is 19.5 Å². The van der Waals surface area contributed by atoms with Crippen LogP contribution in [0.5, 0.6) is 23.0 Å². The molecule has 3 aromatic carbocycles. The maximum atomic E-state index is 14.2. The molecule has 0 spiro atoms. The van der Waals surface area contributed by atoms with Gasteiger partial charge in [0.25, 0.3) is 11.2 Å². The number of thiazole rings is 1. The number of carbonyl (C=O) groups is 2. The fourth-order valence-electron chi connectivity index (χ4n) is 5.37. The lowest BCUT2D eigenvalue weighted by atomic mass is 9.95. The van der Waals surface area contributed by atoms with E-state index in [1.165, 1.54) is 30.9 Å². The summed E-state index contributed by atoms with van der Waals surface area (Å²) in [5.41, 5.74) is 1.79. The van der Waals surface area contributed by atoms with Gasteiger partial charge in [0, 0.05) is 12.1 Å². The van der Waals surface area contributed by atoms with Crippen LogP contribution in [0.15, 0.2) is 75.7 Å². The number of hydrogen-bond donors (Lipinski definition) is 0. The fourth-order valence-corrected chi connectivity index (χ4v) is 6.69. The number of halogens is 1. The van der Waals surface area contributed by atoms with Gasteiger partial charge in [-0.05, 0) is 79.9 Å². The van der Waals surface area contributed by atoms with Gasteiger partial charge in [0.05, 0.1) is 59.2 Å². The third-order valence-corrected chi connectivity index (χ3v) is 9.02. The zero-order valence-electron chi connectivity index (χ0n) is 28.8. The third kappa shape index (κ3) is 8.11. The molecule has 0 saturated heterocycles. The van der Waals surface area contributed by atoms with Crippen LogP contribution in [0, 0.1) is 10.1 Å². The molecule has 272 valence electrons. The molecule has 0 radical (unpaired) electrons. The molecule has 1 atom stereocenters. The van der Waals surface area contributed by atoms with E-state index in [0.717, 1.165) is 11.3 Å². The number of nitro groups is 1. The number of hydrogen-bond acceptors (Lipinski definition) is 13. The third-order valence-electron chi connectivity index (χ3n) is 7.75. The summed E-state index contributed by atoms with van der Waals surface area (Å²) in [5, 5.41) is 11.2. The molecule has 2 heterocycles. The summed E-state index contributed by atoms with van der Waals surface area (Å²) in [6.45, 7) is 5.24. The molecule has 0 aliphatic carbocycles. The van der Waals surface area contributed by atoms with Gasteiger partial charge >= 0.3 is 11.9 Å². The highest BCUT2D eigenvalue weighted by Crippen LogP contribution is 2.38. The number of esters is 2. The first-order valence-electron chi connectivity index (χ1n) is 15.9. The molecule has 14 nitrogen and oxygen atoms in total. The summed E-state index contributed by atoms with van der Waals surface area (Å²) in [6.07, 6.45) is 1.63. The highest BCUT2D eigenvalue weighted by molar-refractivity contribution is 7.07. The smallest absolute Gasteiger partial charge is 0.343 e. The quantitative estimate of drug-likeness (QED) is 0.0977. The number of methoxy groups -OCH3 is 2. The SMILES string of the molecule is CCOC(=O)C1=C(C)N=c2s/c(=C\c3cc(Cl)c(OCc4ccc([N+](=O)[O-])cc4)c(OC)c3)c(=O)n2[C@@H]1c1ccc(OCC(=O)OC)c(OCC)c1. The number of carbonyl (C=O) groups excluding carboxylic acids is 2. The van der Waals surface area contributed by atoms with Gasteiger partial charge in [-0.15, -0.1) is 0 Å². The lowest BCUT2D eigenvalue weighted by molar-refractivity contribution is -0.384. The molecule has 0 amide bonds. The number of aromatic nitrogens is 1. The first kappa shape index (κ1) is 37.6. The molecule has 0 saturated carbocycles. The van der Waals surface area contributed by atoms with E-state index in [1.54, 1.807) is 69.3 Å². The van der Waals surface area contributed by atoms with Crippen LogP contribution in [0.1, 0.15) is 43.5 Å². The standard InChI is InChI=1S/C36H34ClN3O11S/c1-6-48-27-17-23(10-13-26(27)50-19-30(41)47-5)32-31(35(43)49-7-2)20(3)38-36-39(32)34(42)29(52-36)16-22-14-25(37)33(28(15-22)46-4)51-18-21-8-11-24(12-9-21)40(44)45/h8-17,32H,6-7,18-19H2,1-5H3/b29-16-/t32-/m1/s1. The van der Waals surface area contributed by atoms with Crippen LogP contribution in [0.3, 0.4) is 0 Å². The van der Waals surface area contributed by atoms with Crippen molar-refractivity contribution in [3.05, 3.63) is 117 Å². The number of nitro benzene ring substituents is 1. The number of benzene rings is 3. The molecule has 16 heteroatoms. The Labute approximate surface area is 306 Å². The molecule has 4 aromatic rings. The van der Waals surface area contributed by atoms with Gasteiger partial charge in [0.1, 0.15) is 6.61 Å². The number of ether oxygens (including phenoxy) is 6. The maximum absolute atomic E-state index is 14.2. The van der Waals surface area contributed by atoms with E-state index < -0.39 is 28.5 Å². The molecule has 52 heavy (non-hydrogen) atoms. The van der Waals surface area contributed by atoms with Crippen LogP contribution in [0.25, 0.3) is 6.08 Å². The Bertz CT molecular complexity index is 2230. The second-order valence-electron chi connectivity index (χ2n) is 11.1. The Morgan fingerprint density at radius 3 is 2.40 bits per heavy atom. The first-order valence-corrected chi connectivity index (χ1v) is 17.1. The number of rotatable bonds is 14. The predicted molar refractivity (Wildman–Crippen MR) is 191 cm³/mol. The van der Waals surface area contributed by atoms with E-state index in [4.69, 9.17) is 35.3 Å². The minimum absolute atomic E-state index is 0.0391. The van der Waals surface area contributed by atoms with E-state index >= 15 is 0 Å². The van der Waals surface area contributed by atoms with Crippen molar-refractivity contribution in [1.29, 1.82) is 0 Å². The fraction of sp³-hybridized carbons (Fsp3) is 0.278. The van der Waals surface area contributed by atoms with Crippen molar-refractivity contribution in [3.8, 4) is 23.0 Å². The minimum Gasteiger partial charge on any atom is -0.493 e. The number of nitrogens with zero attached hydrogens (tertiary/aromatic N) is 3. The molecule has 5 rings (SSSR count). The average molecular weight is 752 g/mol. The lowest BCUT2D eigenvalue weighted by Crippen LogP contribution is -2.40. The summed E-state index contributed by atoms with van der Waals surface area (Å²) in [4.78, 5) is 54.8. The molecule has 0 fully saturated rings. The normalized spacial score (nSPS) is 13.9. The second kappa shape index (κ2) is 16.6. The Morgan fingerprint density at radius 1 is 1.00 bits per heavy atom. The van der Waals surface area contributed by atoms with Crippen LogP contribution < -0.4 is 33.8 Å². The van der Waals surface area contributed by atoms with E-state index in [-0.39, 0.29) is 54.2 Å². The minimum atomic E-state index is -0.945. The van der Waals surface area contributed by atoms with Gasteiger partial charge in [0.15, 0.2) is 34.4 Å². The molecule has 0 unspecified atom stereocenters. The molecule has 1 aliphatic rings. The molecule has 0 N–H and O–H groups in total. The van der Waals surface area contributed by atoms with E-state index in [0.29, 0.717) is 43.2 Å². The zero-order valence-corrected chi connectivity index (χ0v) is 30.4. The average Bonchev–Trinajstić information content (AvgIpc) is 3.43. The van der Waals surface area contributed by atoms with E-state index in [9.17, 15) is 24.5 Å². The first-order chi connectivity index (χ1) is 25.0. The van der Waals surface area contributed by atoms with Gasteiger partial charge < -0.3 is 28.4 Å². The van der Waals surface area contributed by atoms with Crippen molar-refractivity contribution in [2.24, 2.45) is 4.99 Å². The topological polar surface area (TPSA) is 167 Å².